The van der Waals surface area contributed by atoms with Crippen LogP contribution in [-0.2, 0) is 18.0 Å². The van der Waals surface area contributed by atoms with Crippen molar-refractivity contribution in [1.82, 2.24) is 0 Å². The molecule has 0 saturated heterocycles. The van der Waals surface area contributed by atoms with E-state index in [4.69, 9.17) is 23.2 Å². The van der Waals surface area contributed by atoms with E-state index in [2.05, 4.69) is 6.07 Å². The minimum Gasteiger partial charge on any atom is -0.0622 e. The average Bonchev–Trinajstić information content (AvgIpc) is 2.09. The first-order valence-corrected chi connectivity index (χ1v) is 6.17. The van der Waals surface area contributed by atoms with Crippen molar-refractivity contribution >= 4 is 23.2 Å². The Morgan fingerprint density at radius 3 is 1.73 bits per heavy atom. The van der Waals surface area contributed by atoms with Gasteiger partial charge in [0.25, 0.3) is 0 Å². The number of halogens is 2. The first kappa shape index (κ1) is 11.5. The zero-order chi connectivity index (χ0) is 8.53. The third kappa shape index (κ3) is 10.5. The van der Waals surface area contributed by atoms with E-state index in [0.29, 0.717) is 18.0 Å². The largest absolute Gasteiger partial charge is 0.0622 e. The predicted octanol–water partition coefficient (Wildman–Crippen LogP) is 3.36. The van der Waals surface area contributed by atoms with Crippen molar-refractivity contribution < 1.29 is 18.0 Å². The van der Waals surface area contributed by atoms with Crippen molar-refractivity contribution in [2.24, 2.45) is 0 Å². The molecule has 0 amide bonds. The van der Waals surface area contributed by atoms with Crippen molar-refractivity contribution in [3.05, 3.63) is 36.4 Å². The fourth-order valence-corrected chi connectivity index (χ4v) is 0.342. The van der Waals surface area contributed by atoms with Gasteiger partial charge in [0.05, 0.1) is 0 Å². The van der Waals surface area contributed by atoms with E-state index >= 15 is 0 Å². The zero-order valence-corrected chi connectivity index (χ0v) is 9.10. The molecule has 0 atom stereocenters. The summed E-state index contributed by atoms with van der Waals surface area (Å²) in [7, 11) is 0. The number of hydrogen-bond donors (Lipinski definition) is 0. The summed E-state index contributed by atoms with van der Waals surface area (Å²) in [5.74, 6) is 0. The van der Waals surface area contributed by atoms with Gasteiger partial charge in [0, 0.05) is 0 Å². The quantitative estimate of drug-likeness (QED) is 0.547. The molecule has 0 bridgehead atoms. The Bertz CT molecular complexity index is 127. The molecule has 65 valence electrons. The number of hydrogen-bond acceptors (Lipinski definition) is 0. The molecule has 0 fully saturated rings. The molecule has 0 N–H and O–H groups in total. The maximum absolute atomic E-state index is 5.25. The molecular formula is C8H9Cl2Pd. The van der Waals surface area contributed by atoms with Crippen LogP contribution >= 0.6 is 23.2 Å². The Morgan fingerprint density at radius 1 is 1.18 bits per heavy atom. The minimum absolute atomic E-state index is 0.121. The number of alkyl halides is 2. The molecule has 0 spiro atoms. The summed E-state index contributed by atoms with van der Waals surface area (Å²) in [6.07, 6.45) is 0. The SMILES string of the molecule is [CH3][Pd][CH](Cl)Cl.[c]1ccccc1. The van der Waals surface area contributed by atoms with Crippen molar-refractivity contribution in [3.8, 4) is 0 Å². The second-order valence-corrected chi connectivity index (χ2v) is 5.35. The standard InChI is InChI=1S/C6H5.CHCl2.CH3.Pd/c1-2-4-6-5-3-1;2-1-3;;/h1-5H;1H;1H3;. The molecule has 0 nitrogen and oxygen atoms in total. The zero-order valence-electron chi connectivity index (χ0n) is 6.04. The predicted molar refractivity (Wildman–Crippen MR) is 46.6 cm³/mol. The van der Waals surface area contributed by atoms with Gasteiger partial charge in [-0.3, -0.25) is 0 Å². The fraction of sp³-hybridized carbons (Fsp3) is 0.250. The molecule has 1 aromatic rings. The summed E-state index contributed by atoms with van der Waals surface area (Å²) < 4.78 is -0.121. The van der Waals surface area contributed by atoms with Crippen LogP contribution in [-0.4, -0.2) is 3.31 Å². The van der Waals surface area contributed by atoms with Crippen LogP contribution in [0, 0.1) is 6.07 Å². The molecule has 3 heteroatoms. The number of rotatable bonds is 1. The Kier molecular flexibility index (Phi) is 8.92. The Balaban J connectivity index is 0.000000187. The van der Waals surface area contributed by atoms with Crippen molar-refractivity contribution in [2.45, 2.75) is 8.71 Å². The van der Waals surface area contributed by atoms with Crippen LogP contribution < -0.4 is 0 Å². The Hall–Kier alpha value is 0.462. The average molecular weight is 282 g/mol. The summed E-state index contributed by atoms with van der Waals surface area (Å²) in [4.78, 5) is 0. The third-order valence-electron chi connectivity index (χ3n) is 0.745. The molecule has 1 aromatic carbocycles. The molecular weight excluding hydrogens is 273 g/mol. The summed E-state index contributed by atoms with van der Waals surface area (Å²) in [6.45, 7) is 0. The van der Waals surface area contributed by atoms with Gasteiger partial charge in [-0.25, -0.2) is 0 Å². The fourth-order valence-electron chi connectivity index (χ4n) is 0.342. The second-order valence-electron chi connectivity index (χ2n) is 1.48. The molecule has 0 aliphatic heterocycles. The van der Waals surface area contributed by atoms with E-state index in [-0.39, 0.29) is 3.31 Å². The normalized spacial score (nSPS) is 9.09. The molecule has 0 aliphatic carbocycles. The smallest absolute Gasteiger partial charge is 0.0184 e. The monoisotopic (exact) mass is 281 g/mol. The van der Waals surface area contributed by atoms with E-state index in [1.807, 2.05) is 35.7 Å². The van der Waals surface area contributed by atoms with Crippen LogP contribution in [0.4, 0.5) is 0 Å². The topological polar surface area (TPSA) is 0 Å². The summed E-state index contributed by atoms with van der Waals surface area (Å²) in [6, 6.07) is 12.5. The minimum atomic E-state index is -0.121. The maximum Gasteiger partial charge on any atom is -0.0184 e. The van der Waals surface area contributed by atoms with Crippen LogP contribution in [0.1, 0.15) is 0 Å². The summed E-state index contributed by atoms with van der Waals surface area (Å²) >= 11 is 11.0. The van der Waals surface area contributed by atoms with Crippen LogP contribution in [0.2, 0.25) is 5.40 Å². The van der Waals surface area contributed by atoms with E-state index in [1.54, 1.807) is 0 Å². The molecule has 0 aromatic heterocycles. The number of benzene rings is 1. The van der Waals surface area contributed by atoms with Gasteiger partial charge in [-0.05, 0) is 6.07 Å². The van der Waals surface area contributed by atoms with Crippen molar-refractivity contribution in [1.29, 1.82) is 0 Å². The van der Waals surface area contributed by atoms with Crippen molar-refractivity contribution in [3.63, 3.8) is 0 Å². The van der Waals surface area contributed by atoms with E-state index < -0.39 is 0 Å². The van der Waals surface area contributed by atoms with Gasteiger partial charge in [0.15, 0.2) is 0 Å². The molecule has 0 aliphatic rings. The van der Waals surface area contributed by atoms with Crippen LogP contribution in [0.15, 0.2) is 30.3 Å². The molecule has 1 rings (SSSR count). The van der Waals surface area contributed by atoms with Crippen molar-refractivity contribution in [2.75, 3.05) is 0 Å². The Morgan fingerprint density at radius 2 is 1.64 bits per heavy atom. The maximum atomic E-state index is 5.25. The second kappa shape index (κ2) is 8.56. The van der Waals surface area contributed by atoms with Crippen LogP contribution in [0.25, 0.3) is 0 Å². The Labute approximate surface area is 86.1 Å². The molecule has 0 heterocycles. The molecule has 11 heavy (non-hydrogen) atoms. The van der Waals surface area contributed by atoms with Gasteiger partial charge >= 0.3 is 49.9 Å². The van der Waals surface area contributed by atoms with Crippen LogP contribution in [0.5, 0.6) is 0 Å². The van der Waals surface area contributed by atoms with Gasteiger partial charge in [0.1, 0.15) is 0 Å². The molecule has 0 unspecified atom stereocenters. The van der Waals surface area contributed by atoms with Gasteiger partial charge in [0.2, 0.25) is 0 Å². The van der Waals surface area contributed by atoms with E-state index in [1.165, 1.54) is 0 Å². The first-order valence-electron chi connectivity index (χ1n) is 2.85. The van der Waals surface area contributed by atoms with Crippen LogP contribution in [0.3, 0.4) is 0 Å². The molecule has 1 radical (unpaired) electrons. The van der Waals surface area contributed by atoms with E-state index in [9.17, 15) is 0 Å². The first-order chi connectivity index (χ1) is 5.27. The van der Waals surface area contributed by atoms with Gasteiger partial charge in [-0.1, -0.05) is 30.3 Å². The van der Waals surface area contributed by atoms with E-state index in [0.717, 1.165) is 0 Å². The third-order valence-corrected chi connectivity index (χ3v) is 3.06. The van der Waals surface area contributed by atoms with Gasteiger partial charge in [-0.15, -0.1) is 0 Å². The molecule has 0 saturated carbocycles. The summed E-state index contributed by atoms with van der Waals surface area (Å²) in [5, 5.41) is 1.99. The summed E-state index contributed by atoms with van der Waals surface area (Å²) in [5.41, 5.74) is 0. The van der Waals surface area contributed by atoms with Gasteiger partial charge < -0.3 is 0 Å². The van der Waals surface area contributed by atoms with Gasteiger partial charge in [-0.2, -0.15) is 0 Å².